The van der Waals surface area contributed by atoms with Gasteiger partial charge in [-0.15, -0.1) is 0 Å². The maximum atomic E-state index is 4.87. The second-order valence-electron chi connectivity index (χ2n) is 13.2. The minimum atomic E-state index is -2.03. The van der Waals surface area contributed by atoms with Crippen LogP contribution in [0.15, 0.2) is 97.3 Å². The molecule has 0 spiro atoms. The summed E-state index contributed by atoms with van der Waals surface area (Å²) in [6.07, 6.45) is 4.30. The molecule has 0 saturated carbocycles. The maximum Gasteiger partial charge on any atom is 0.195 e. The number of thiazole rings is 2. The normalized spacial score (nSPS) is 11.8. The zero-order valence-electron chi connectivity index (χ0n) is 27.6. The van der Waals surface area contributed by atoms with Gasteiger partial charge in [0.05, 0.1) is 15.9 Å². The Labute approximate surface area is 301 Å². The van der Waals surface area contributed by atoms with Crippen LogP contribution in [0.4, 0.5) is 11.4 Å². The minimum Gasteiger partial charge on any atom is -0.378 e. The van der Waals surface area contributed by atoms with Gasteiger partial charge in [0.2, 0.25) is 0 Å². The summed E-state index contributed by atoms with van der Waals surface area (Å²) in [5.41, 5.74) is 9.28. The molecule has 0 unspecified atom stereocenters. The summed E-state index contributed by atoms with van der Waals surface area (Å²) in [7, 11) is 8.22. The van der Waals surface area contributed by atoms with Crippen molar-refractivity contribution in [3.8, 4) is 22.5 Å². The van der Waals surface area contributed by atoms with E-state index in [9.17, 15) is 0 Å². The Hall–Kier alpha value is -3.13. The third-order valence-electron chi connectivity index (χ3n) is 8.38. The zero-order valence-corrected chi connectivity index (χ0v) is 34.3. The van der Waals surface area contributed by atoms with E-state index >= 15 is 0 Å². The summed E-state index contributed by atoms with van der Waals surface area (Å²) < 4.78 is 9.88. The first-order valence-electron chi connectivity index (χ1n) is 15.5. The fraction of sp³-hybridized carbons (Fsp3) is 0.189. The molecule has 0 N–H and O–H groups in total. The molecule has 4 heterocycles. The number of aromatic nitrogens is 4. The third-order valence-corrected chi connectivity index (χ3v) is 16.9. The average Bonchev–Trinajstić information content (AvgIpc) is 3.80. The van der Waals surface area contributed by atoms with Crippen LogP contribution < -0.4 is 13.4 Å². The molecule has 0 bridgehead atoms. The van der Waals surface area contributed by atoms with Crippen LogP contribution in [0, 0.1) is 3.57 Å². The monoisotopic (exact) mass is 876 g/mol. The molecule has 8 rings (SSSR count). The standard InChI is InChI=1S/C17H14IN3S.C17H14N3S.3CH3.Sn/c1-20(2)13-6-3-11(4-7-13)14-10-21-15-8-5-12(18)9-16(15)22-17(21)19-14;1-19(2)13-9-7-12(8-10-13)14-11-20-15-5-3-4-6-16(15)21-17(20)18-14;;;;/h3-10H,1-2H3;3,5-11H,1-2H3;3*1H3;. The van der Waals surface area contributed by atoms with Gasteiger partial charge in [0, 0.05) is 49.2 Å². The van der Waals surface area contributed by atoms with Gasteiger partial charge in [-0.05, 0) is 52.9 Å². The molecule has 10 heteroatoms. The molecule has 0 aliphatic heterocycles. The summed E-state index contributed by atoms with van der Waals surface area (Å²) in [5, 5.41) is 0. The molecule has 0 atom stereocenters. The van der Waals surface area contributed by atoms with Crippen molar-refractivity contribution in [2.24, 2.45) is 0 Å². The third kappa shape index (κ3) is 6.51. The van der Waals surface area contributed by atoms with E-state index in [1.165, 1.54) is 35.4 Å². The van der Waals surface area contributed by atoms with Crippen LogP contribution in [0.25, 0.3) is 52.9 Å². The summed E-state index contributed by atoms with van der Waals surface area (Å²) >= 11 is 3.85. The minimum absolute atomic E-state index is 1.03. The Morgan fingerprint density at radius 3 is 1.49 bits per heavy atom. The Kier molecular flexibility index (Phi) is 8.77. The first kappa shape index (κ1) is 32.4. The van der Waals surface area contributed by atoms with Crippen molar-refractivity contribution in [3.63, 3.8) is 0 Å². The summed E-state index contributed by atoms with van der Waals surface area (Å²) in [5.74, 6) is 0. The van der Waals surface area contributed by atoms with Crippen molar-refractivity contribution in [3.05, 3.63) is 101 Å². The fourth-order valence-corrected chi connectivity index (χ4v) is 12.0. The van der Waals surface area contributed by atoms with Gasteiger partial charge >= 0.3 is 143 Å². The Morgan fingerprint density at radius 1 is 0.596 bits per heavy atom. The average molecular weight is 875 g/mol. The van der Waals surface area contributed by atoms with Crippen molar-refractivity contribution in [2.45, 2.75) is 14.8 Å². The van der Waals surface area contributed by atoms with Gasteiger partial charge in [0.25, 0.3) is 0 Å². The number of hydrogen-bond donors (Lipinski definition) is 0. The van der Waals surface area contributed by atoms with Crippen LogP contribution in [0.2, 0.25) is 14.8 Å². The van der Waals surface area contributed by atoms with Gasteiger partial charge < -0.3 is 4.90 Å². The predicted octanol–water partition coefficient (Wildman–Crippen LogP) is 9.71. The molecular formula is C37H37IN6S2Sn. The van der Waals surface area contributed by atoms with Crippen LogP contribution in [-0.4, -0.2) is 65.3 Å². The topological polar surface area (TPSA) is 41.1 Å². The largest absolute Gasteiger partial charge is 0.378 e. The van der Waals surface area contributed by atoms with Crippen molar-refractivity contribution in [1.29, 1.82) is 0 Å². The van der Waals surface area contributed by atoms with Gasteiger partial charge in [-0.25, -0.2) is 4.98 Å². The van der Waals surface area contributed by atoms with E-state index in [1.54, 1.807) is 26.3 Å². The Balaban J connectivity index is 0.000000151. The number of imidazole rings is 2. The van der Waals surface area contributed by atoms with Gasteiger partial charge in [-0.2, -0.15) is 0 Å². The van der Waals surface area contributed by atoms with E-state index in [4.69, 9.17) is 9.97 Å². The van der Waals surface area contributed by atoms with Crippen molar-refractivity contribution in [2.75, 3.05) is 38.0 Å². The zero-order chi connectivity index (χ0) is 33.0. The number of rotatable bonds is 5. The second kappa shape index (κ2) is 12.7. The molecule has 8 aromatic rings. The summed E-state index contributed by atoms with van der Waals surface area (Å²) in [6, 6.07) is 30.6. The molecule has 4 aromatic heterocycles. The molecule has 4 aromatic carbocycles. The molecule has 0 radical (unpaired) electrons. The number of benzene rings is 4. The van der Waals surface area contributed by atoms with Crippen LogP contribution in [0.1, 0.15) is 0 Å². The van der Waals surface area contributed by atoms with Crippen molar-refractivity contribution < 1.29 is 0 Å². The number of halogens is 1. The molecule has 0 aliphatic rings. The number of anilines is 2. The molecule has 0 fully saturated rings. The SMILES string of the molecule is CN(C)c1ccc(-c2cn3c(n2)sc2c[c]([Sn]([CH3])([CH3])[CH3])ccc23)cc1.CN(C)c1ccc(-c2cn3c(n2)sc2cc(I)ccc23)cc1. The van der Waals surface area contributed by atoms with E-state index in [0.717, 1.165) is 32.4 Å². The smallest absolute Gasteiger partial charge is 0.195 e. The number of hydrogen-bond acceptors (Lipinski definition) is 6. The van der Waals surface area contributed by atoms with Gasteiger partial charge in [0.1, 0.15) is 0 Å². The second-order valence-corrected chi connectivity index (χ2v) is 30.9. The van der Waals surface area contributed by atoms with Gasteiger partial charge in [0.15, 0.2) is 4.96 Å². The molecule has 47 heavy (non-hydrogen) atoms. The first-order valence-corrected chi connectivity index (χ1v) is 28.2. The van der Waals surface area contributed by atoms with E-state index in [0.29, 0.717) is 0 Å². The molecular weight excluding hydrogens is 838 g/mol. The summed E-state index contributed by atoms with van der Waals surface area (Å²) in [6.45, 7) is 0. The number of nitrogens with zero attached hydrogens (tertiary/aromatic N) is 6. The molecule has 238 valence electrons. The molecule has 0 amide bonds. The van der Waals surface area contributed by atoms with Crippen molar-refractivity contribution in [1.82, 2.24) is 18.8 Å². The van der Waals surface area contributed by atoms with Gasteiger partial charge in [-0.3, -0.25) is 4.40 Å². The quantitative estimate of drug-likeness (QED) is 0.128. The van der Waals surface area contributed by atoms with E-state index in [1.807, 2.05) is 0 Å². The Morgan fingerprint density at radius 2 is 1.04 bits per heavy atom. The maximum absolute atomic E-state index is 4.87. The molecule has 0 aliphatic carbocycles. The summed E-state index contributed by atoms with van der Waals surface area (Å²) in [4.78, 5) is 23.4. The van der Waals surface area contributed by atoms with Crippen LogP contribution in [0.3, 0.4) is 0 Å². The van der Waals surface area contributed by atoms with Gasteiger partial charge in [-0.1, -0.05) is 23.5 Å². The van der Waals surface area contributed by atoms with E-state index < -0.39 is 18.4 Å². The van der Waals surface area contributed by atoms with E-state index in [2.05, 4.69) is 182 Å². The molecule has 6 nitrogen and oxygen atoms in total. The predicted molar refractivity (Wildman–Crippen MR) is 216 cm³/mol. The Bertz CT molecular complexity index is 2360. The molecule has 0 saturated heterocycles. The number of fused-ring (bicyclic) bond motifs is 6. The first-order chi connectivity index (χ1) is 22.4. The fourth-order valence-electron chi connectivity index (χ4n) is 5.58. The van der Waals surface area contributed by atoms with Crippen LogP contribution in [-0.2, 0) is 0 Å². The van der Waals surface area contributed by atoms with Crippen molar-refractivity contribution >= 4 is 109 Å². The van der Waals surface area contributed by atoms with Crippen LogP contribution >= 0.6 is 45.3 Å². The van der Waals surface area contributed by atoms with Crippen LogP contribution in [0.5, 0.6) is 0 Å². The van der Waals surface area contributed by atoms with E-state index in [-0.39, 0.29) is 0 Å².